The predicted octanol–water partition coefficient (Wildman–Crippen LogP) is 8.16. The van der Waals surface area contributed by atoms with Crippen molar-refractivity contribution in [3.63, 3.8) is 0 Å². The number of fused-ring (bicyclic) bond motifs is 2. The molecule has 0 fully saturated rings. The number of anilines is 2. The molecule has 0 bridgehead atoms. The van der Waals surface area contributed by atoms with Gasteiger partial charge in [0.2, 0.25) is 0 Å². The van der Waals surface area contributed by atoms with Crippen molar-refractivity contribution in [2.45, 2.75) is 71.6 Å². The maximum absolute atomic E-state index is 15.4. The van der Waals surface area contributed by atoms with Gasteiger partial charge in [-0.15, -0.1) is 0 Å². The molecule has 0 aliphatic heterocycles. The number of halogens is 2. The average Bonchev–Trinajstić information content (AvgIpc) is 3.62. The summed E-state index contributed by atoms with van der Waals surface area (Å²) in [5.41, 5.74) is 5.05. The van der Waals surface area contributed by atoms with E-state index in [1.54, 1.807) is 10.9 Å². The van der Waals surface area contributed by atoms with Crippen molar-refractivity contribution >= 4 is 30.7 Å². The number of pyridine rings is 1. The third kappa shape index (κ3) is 6.52. The van der Waals surface area contributed by atoms with Gasteiger partial charge in [-0.25, -0.2) is 18.7 Å². The number of nitrogens with zero attached hydrogens (tertiary/aromatic N) is 5. The molecule has 1 N–H and O–H groups in total. The molecule has 1 aliphatic carbocycles. The van der Waals surface area contributed by atoms with Crippen LogP contribution in [0.4, 0.5) is 20.3 Å². The van der Waals surface area contributed by atoms with Crippen LogP contribution in [0.3, 0.4) is 0 Å². The van der Waals surface area contributed by atoms with Crippen molar-refractivity contribution in [1.29, 1.82) is 0 Å². The highest BCUT2D eigenvalue weighted by Gasteiger charge is 2.37. The van der Waals surface area contributed by atoms with Crippen LogP contribution in [-0.4, -0.2) is 46.3 Å². The van der Waals surface area contributed by atoms with Crippen molar-refractivity contribution < 1.29 is 17.9 Å². The fourth-order valence-electron chi connectivity index (χ4n) is 5.45. The quantitative estimate of drug-likeness (QED) is 0.122. The van der Waals surface area contributed by atoms with E-state index in [2.05, 4.69) is 44.2 Å². The number of hydrogen-bond acceptors (Lipinski definition) is 7. The van der Waals surface area contributed by atoms with E-state index in [0.717, 1.165) is 58.6 Å². The third-order valence-corrected chi connectivity index (χ3v) is 13.5. The molecule has 3 heterocycles. The monoisotopic (exact) mass is 642 g/mol. The van der Waals surface area contributed by atoms with E-state index in [0.29, 0.717) is 18.1 Å². The molecular weight excluding hydrogens is 603 g/mol. The van der Waals surface area contributed by atoms with Crippen LogP contribution in [0.5, 0.6) is 5.75 Å². The van der Waals surface area contributed by atoms with Crippen LogP contribution in [0.25, 0.3) is 22.4 Å². The molecule has 2 aromatic carbocycles. The van der Waals surface area contributed by atoms with Gasteiger partial charge in [-0.2, -0.15) is 5.10 Å². The molecule has 240 valence electrons. The Morgan fingerprint density at radius 2 is 1.74 bits per heavy atom. The second-order valence-corrected chi connectivity index (χ2v) is 18.1. The maximum atomic E-state index is 15.4. The maximum Gasteiger partial charge on any atom is 0.192 e. The Hall–Kier alpha value is -4.22. The number of ether oxygens (including phenoxy) is 1. The van der Waals surface area contributed by atoms with Crippen LogP contribution in [0.15, 0.2) is 54.7 Å². The number of aromatic nitrogens is 5. The number of rotatable bonds is 10. The molecular formula is C35H40F2N6O2Si. The first-order valence-corrected chi connectivity index (χ1v) is 18.6. The number of para-hydroxylation sites is 1. The summed E-state index contributed by atoms with van der Waals surface area (Å²) in [4.78, 5) is 14.1. The lowest BCUT2D eigenvalue weighted by molar-refractivity contribution is 0.202. The van der Waals surface area contributed by atoms with E-state index in [1.807, 2.05) is 43.3 Å². The van der Waals surface area contributed by atoms with Crippen molar-refractivity contribution in [1.82, 2.24) is 24.7 Å². The zero-order valence-corrected chi connectivity index (χ0v) is 28.2. The molecule has 0 amide bonds. The zero-order valence-electron chi connectivity index (χ0n) is 27.2. The SMILES string of the molecule is Cc1cc(Nc2nc(-c3nn(Cc4c(F)cc(OCCO[Si](C)(C)C(C)(C)C)cc4F)c4ccccc34)nc3c2CCC3)ccn1. The van der Waals surface area contributed by atoms with Gasteiger partial charge in [-0.3, -0.25) is 9.67 Å². The summed E-state index contributed by atoms with van der Waals surface area (Å²) >= 11 is 0. The van der Waals surface area contributed by atoms with Gasteiger partial charge >= 0.3 is 0 Å². The van der Waals surface area contributed by atoms with Gasteiger partial charge in [0.15, 0.2) is 14.1 Å². The molecule has 11 heteroatoms. The fraction of sp³-hybridized carbons (Fsp3) is 0.371. The topological polar surface area (TPSA) is 87.0 Å². The van der Waals surface area contributed by atoms with Crippen LogP contribution < -0.4 is 10.1 Å². The molecule has 5 aromatic rings. The molecule has 0 saturated heterocycles. The van der Waals surface area contributed by atoms with Crippen LogP contribution in [-0.2, 0) is 23.8 Å². The van der Waals surface area contributed by atoms with E-state index in [9.17, 15) is 0 Å². The Balaban J connectivity index is 1.26. The molecule has 3 aromatic heterocycles. The number of hydrogen-bond donors (Lipinski definition) is 1. The molecule has 0 saturated carbocycles. The van der Waals surface area contributed by atoms with Crippen molar-refractivity contribution in [2.75, 3.05) is 18.5 Å². The molecule has 1 aliphatic rings. The molecule has 0 spiro atoms. The number of nitrogens with one attached hydrogen (secondary N) is 1. The van der Waals surface area contributed by atoms with E-state index < -0.39 is 20.0 Å². The van der Waals surface area contributed by atoms with Crippen LogP contribution in [0.1, 0.15) is 49.7 Å². The Morgan fingerprint density at radius 1 is 0.978 bits per heavy atom. The summed E-state index contributed by atoms with van der Waals surface area (Å²) in [5.74, 6) is -0.0686. The van der Waals surface area contributed by atoms with Crippen molar-refractivity contribution in [3.8, 4) is 17.3 Å². The van der Waals surface area contributed by atoms with Gasteiger partial charge in [0, 0.05) is 51.9 Å². The van der Waals surface area contributed by atoms with E-state index in [-0.39, 0.29) is 29.5 Å². The standard InChI is InChI=1S/C35H40F2N6O2Si/c1-22-18-23(14-15-38-22)39-33-25-11-9-12-30(25)40-34(41-33)32-26-10-7-8-13-31(26)43(42-32)21-27-28(36)19-24(20-29(27)37)44-16-17-45-46(5,6)35(2,3)4/h7-8,10,13-15,18-20H,9,11-12,16-17,21H2,1-6H3,(H,38,39,40,41). The predicted molar refractivity (Wildman–Crippen MR) is 179 cm³/mol. The molecule has 0 unspecified atom stereocenters. The summed E-state index contributed by atoms with van der Waals surface area (Å²) in [6.45, 7) is 13.2. The van der Waals surface area contributed by atoms with Crippen molar-refractivity contribution in [3.05, 3.63) is 88.9 Å². The lowest BCUT2D eigenvalue weighted by Gasteiger charge is -2.36. The summed E-state index contributed by atoms with van der Waals surface area (Å²) in [6, 6.07) is 13.9. The lowest BCUT2D eigenvalue weighted by Crippen LogP contribution is -2.41. The largest absolute Gasteiger partial charge is 0.491 e. The van der Waals surface area contributed by atoms with Gasteiger partial charge in [0.1, 0.15) is 35.5 Å². The van der Waals surface area contributed by atoms with Crippen LogP contribution >= 0.6 is 0 Å². The van der Waals surface area contributed by atoms with Gasteiger partial charge in [-0.1, -0.05) is 39.0 Å². The first-order valence-electron chi connectivity index (χ1n) is 15.7. The van der Waals surface area contributed by atoms with Crippen LogP contribution in [0, 0.1) is 18.6 Å². The second-order valence-electron chi connectivity index (χ2n) is 13.3. The van der Waals surface area contributed by atoms with E-state index in [1.165, 1.54) is 12.1 Å². The smallest absolute Gasteiger partial charge is 0.192 e. The van der Waals surface area contributed by atoms with Crippen LogP contribution in [0.2, 0.25) is 18.1 Å². The van der Waals surface area contributed by atoms with Gasteiger partial charge in [-0.05, 0) is 62.5 Å². The minimum Gasteiger partial charge on any atom is -0.491 e. The summed E-state index contributed by atoms with van der Waals surface area (Å²) in [7, 11) is -1.94. The van der Waals surface area contributed by atoms with Crippen molar-refractivity contribution in [2.24, 2.45) is 0 Å². The lowest BCUT2D eigenvalue weighted by atomic mass is 10.1. The molecule has 6 rings (SSSR count). The minimum atomic E-state index is -1.94. The number of benzene rings is 2. The Morgan fingerprint density at radius 3 is 2.48 bits per heavy atom. The Kier molecular flexibility index (Phi) is 8.64. The Bertz CT molecular complexity index is 1880. The highest BCUT2D eigenvalue weighted by molar-refractivity contribution is 6.74. The molecule has 46 heavy (non-hydrogen) atoms. The third-order valence-electron chi connectivity index (χ3n) is 9.01. The normalized spacial score (nSPS) is 13.3. The van der Waals surface area contributed by atoms with Gasteiger partial charge in [0.25, 0.3) is 0 Å². The molecule has 8 nitrogen and oxygen atoms in total. The summed E-state index contributed by atoms with van der Waals surface area (Å²) < 4.78 is 44.2. The fourth-order valence-corrected chi connectivity index (χ4v) is 6.48. The zero-order chi connectivity index (χ0) is 32.6. The van der Waals surface area contributed by atoms with Gasteiger partial charge in [0.05, 0.1) is 18.7 Å². The Labute approximate surface area is 269 Å². The summed E-state index contributed by atoms with van der Waals surface area (Å²) in [5, 5.41) is 9.15. The van der Waals surface area contributed by atoms with E-state index >= 15 is 8.78 Å². The second kappa shape index (κ2) is 12.5. The highest BCUT2D eigenvalue weighted by Crippen LogP contribution is 2.37. The number of aryl methyl sites for hydroxylation is 2. The van der Waals surface area contributed by atoms with E-state index in [4.69, 9.17) is 24.2 Å². The first kappa shape index (κ1) is 31.7. The average molecular weight is 643 g/mol. The first-order chi connectivity index (χ1) is 21.9. The highest BCUT2D eigenvalue weighted by atomic mass is 28.4. The summed E-state index contributed by atoms with van der Waals surface area (Å²) in [6.07, 6.45) is 4.49. The van der Waals surface area contributed by atoms with Gasteiger partial charge < -0.3 is 14.5 Å². The molecule has 0 atom stereocenters. The minimum absolute atomic E-state index is 0.0640. The molecule has 0 radical (unpaired) electrons.